The van der Waals surface area contributed by atoms with Crippen molar-refractivity contribution in [1.29, 1.82) is 0 Å². The SMILES string of the molecule is Cc1noc2ncnc(N(C)CC(=O)Nc3cc(F)cc(F)c3)c12. The Bertz CT molecular complexity index is 892. The number of aryl methyl sites for hydroxylation is 1. The highest BCUT2D eigenvalue weighted by atomic mass is 19.1. The Morgan fingerprint density at radius 3 is 2.67 bits per heavy atom. The third-order valence-electron chi connectivity index (χ3n) is 3.31. The molecule has 0 spiro atoms. The van der Waals surface area contributed by atoms with Crippen molar-refractivity contribution >= 4 is 28.5 Å². The highest BCUT2D eigenvalue weighted by Gasteiger charge is 2.17. The first-order valence-corrected chi connectivity index (χ1v) is 6.98. The topological polar surface area (TPSA) is 84.2 Å². The lowest BCUT2D eigenvalue weighted by Gasteiger charge is -2.18. The minimum atomic E-state index is -0.767. The quantitative estimate of drug-likeness (QED) is 0.788. The van der Waals surface area contributed by atoms with E-state index in [2.05, 4.69) is 20.4 Å². The second kappa shape index (κ2) is 6.19. The minimum absolute atomic E-state index is 0.0416. The Morgan fingerprint density at radius 1 is 1.25 bits per heavy atom. The number of amides is 1. The van der Waals surface area contributed by atoms with E-state index in [1.807, 2.05) is 0 Å². The Balaban J connectivity index is 1.77. The van der Waals surface area contributed by atoms with Crippen molar-refractivity contribution in [3.63, 3.8) is 0 Å². The molecule has 124 valence electrons. The molecule has 0 aliphatic heterocycles. The molecule has 2 heterocycles. The molecular formula is C15H13F2N5O2. The number of rotatable bonds is 4. The summed E-state index contributed by atoms with van der Waals surface area (Å²) in [6, 6.07) is 2.80. The van der Waals surface area contributed by atoms with Gasteiger partial charge in [-0.15, -0.1) is 0 Å². The third-order valence-corrected chi connectivity index (χ3v) is 3.31. The second-order valence-corrected chi connectivity index (χ2v) is 5.21. The molecule has 3 aromatic rings. The van der Waals surface area contributed by atoms with E-state index in [4.69, 9.17) is 4.52 Å². The number of benzene rings is 1. The molecule has 3 rings (SSSR count). The summed E-state index contributed by atoms with van der Waals surface area (Å²) in [5.41, 5.74) is 0.955. The number of hydrogen-bond acceptors (Lipinski definition) is 6. The summed E-state index contributed by atoms with van der Waals surface area (Å²) >= 11 is 0. The van der Waals surface area contributed by atoms with Crippen LogP contribution in [0.25, 0.3) is 11.1 Å². The molecule has 0 aliphatic carbocycles. The predicted molar refractivity (Wildman–Crippen MR) is 82.6 cm³/mol. The van der Waals surface area contributed by atoms with Gasteiger partial charge in [0, 0.05) is 18.8 Å². The van der Waals surface area contributed by atoms with Crippen LogP contribution in [0.3, 0.4) is 0 Å². The summed E-state index contributed by atoms with van der Waals surface area (Å²) in [6.07, 6.45) is 1.30. The molecule has 0 bridgehead atoms. The average molecular weight is 333 g/mol. The first-order valence-electron chi connectivity index (χ1n) is 6.98. The monoisotopic (exact) mass is 333 g/mol. The fourth-order valence-corrected chi connectivity index (χ4v) is 2.31. The van der Waals surface area contributed by atoms with E-state index in [1.54, 1.807) is 18.9 Å². The molecule has 0 fully saturated rings. The van der Waals surface area contributed by atoms with Crippen LogP contribution in [0, 0.1) is 18.6 Å². The van der Waals surface area contributed by atoms with Crippen LogP contribution < -0.4 is 10.2 Å². The molecule has 9 heteroatoms. The van der Waals surface area contributed by atoms with E-state index < -0.39 is 17.5 Å². The van der Waals surface area contributed by atoms with Crippen LogP contribution in [-0.2, 0) is 4.79 Å². The molecule has 1 amide bonds. The first-order chi connectivity index (χ1) is 11.4. The predicted octanol–water partition coefficient (Wildman–Crippen LogP) is 2.28. The van der Waals surface area contributed by atoms with Gasteiger partial charge in [-0.1, -0.05) is 5.16 Å². The molecule has 0 radical (unpaired) electrons. The number of halogens is 2. The van der Waals surface area contributed by atoms with Gasteiger partial charge in [0.25, 0.3) is 5.71 Å². The van der Waals surface area contributed by atoms with Crippen molar-refractivity contribution in [2.45, 2.75) is 6.92 Å². The van der Waals surface area contributed by atoms with Crippen molar-refractivity contribution in [1.82, 2.24) is 15.1 Å². The maximum atomic E-state index is 13.2. The Kier molecular flexibility index (Phi) is 4.07. The third kappa shape index (κ3) is 3.14. The van der Waals surface area contributed by atoms with Crippen molar-refractivity contribution in [3.05, 3.63) is 41.9 Å². The molecular weight excluding hydrogens is 320 g/mol. The van der Waals surface area contributed by atoms with Gasteiger partial charge in [-0.05, 0) is 19.1 Å². The van der Waals surface area contributed by atoms with Crippen LogP contribution in [0.1, 0.15) is 5.69 Å². The van der Waals surface area contributed by atoms with Crippen LogP contribution in [0.4, 0.5) is 20.3 Å². The van der Waals surface area contributed by atoms with E-state index in [9.17, 15) is 13.6 Å². The van der Waals surface area contributed by atoms with Gasteiger partial charge in [0.15, 0.2) is 0 Å². The van der Waals surface area contributed by atoms with Gasteiger partial charge in [-0.25, -0.2) is 13.8 Å². The van der Waals surface area contributed by atoms with Crippen LogP contribution >= 0.6 is 0 Å². The molecule has 0 unspecified atom stereocenters. The molecule has 1 N–H and O–H groups in total. The molecule has 0 atom stereocenters. The molecule has 0 aliphatic rings. The Labute approximate surface area is 135 Å². The van der Waals surface area contributed by atoms with Crippen LogP contribution in [-0.4, -0.2) is 34.6 Å². The molecule has 24 heavy (non-hydrogen) atoms. The molecule has 2 aromatic heterocycles. The van der Waals surface area contributed by atoms with E-state index in [1.165, 1.54) is 6.33 Å². The summed E-state index contributed by atoms with van der Waals surface area (Å²) in [7, 11) is 1.65. The fourth-order valence-electron chi connectivity index (χ4n) is 2.31. The Morgan fingerprint density at radius 2 is 1.96 bits per heavy atom. The second-order valence-electron chi connectivity index (χ2n) is 5.21. The first kappa shape index (κ1) is 15.8. The van der Waals surface area contributed by atoms with Gasteiger partial charge in [0.2, 0.25) is 5.91 Å². The largest absolute Gasteiger partial charge is 0.350 e. The van der Waals surface area contributed by atoms with E-state index in [0.717, 1.165) is 18.2 Å². The highest BCUT2D eigenvalue weighted by molar-refractivity contribution is 5.96. The number of carbonyl (C=O) groups is 1. The molecule has 0 saturated heterocycles. The van der Waals surface area contributed by atoms with Crippen molar-refractivity contribution in [2.24, 2.45) is 0 Å². The number of hydrogen-bond donors (Lipinski definition) is 1. The van der Waals surface area contributed by atoms with Gasteiger partial charge < -0.3 is 14.7 Å². The van der Waals surface area contributed by atoms with E-state index in [0.29, 0.717) is 22.6 Å². The van der Waals surface area contributed by atoms with Crippen molar-refractivity contribution < 1.29 is 18.1 Å². The van der Waals surface area contributed by atoms with Gasteiger partial charge in [-0.3, -0.25) is 4.79 Å². The smallest absolute Gasteiger partial charge is 0.263 e. The Hall–Kier alpha value is -3.10. The zero-order valence-electron chi connectivity index (χ0n) is 12.9. The maximum Gasteiger partial charge on any atom is 0.263 e. The van der Waals surface area contributed by atoms with Gasteiger partial charge in [0.1, 0.15) is 29.2 Å². The van der Waals surface area contributed by atoms with Gasteiger partial charge in [0.05, 0.1) is 12.2 Å². The number of fused-ring (bicyclic) bond motifs is 1. The summed E-state index contributed by atoms with van der Waals surface area (Å²) in [4.78, 5) is 21.8. The lowest BCUT2D eigenvalue weighted by Crippen LogP contribution is -2.30. The lowest BCUT2D eigenvalue weighted by atomic mass is 10.3. The van der Waals surface area contributed by atoms with E-state index >= 15 is 0 Å². The normalized spacial score (nSPS) is 10.8. The number of likely N-dealkylation sites (N-methyl/N-ethyl adjacent to an activating group) is 1. The van der Waals surface area contributed by atoms with Crippen LogP contribution in [0.2, 0.25) is 0 Å². The number of anilines is 2. The summed E-state index contributed by atoms with van der Waals surface area (Å²) < 4.78 is 31.4. The number of aromatic nitrogens is 3. The summed E-state index contributed by atoms with van der Waals surface area (Å²) in [5.74, 6) is -1.52. The summed E-state index contributed by atoms with van der Waals surface area (Å²) in [5, 5.41) is 6.86. The molecule has 1 aromatic carbocycles. The zero-order chi connectivity index (χ0) is 17.3. The zero-order valence-corrected chi connectivity index (χ0v) is 12.9. The molecule has 7 nitrogen and oxygen atoms in total. The van der Waals surface area contributed by atoms with Crippen LogP contribution in [0.5, 0.6) is 0 Å². The fraction of sp³-hybridized carbons (Fsp3) is 0.200. The van der Waals surface area contributed by atoms with Crippen LogP contribution in [0.15, 0.2) is 29.0 Å². The van der Waals surface area contributed by atoms with Gasteiger partial charge >= 0.3 is 0 Å². The van der Waals surface area contributed by atoms with E-state index in [-0.39, 0.29) is 12.2 Å². The average Bonchev–Trinajstić information content (AvgIpc) is 2.87. The van der Waals surface area contributed by atoms with Gasteiger partial charge in [-0.2, -0.15) is 4.98 Å². The number of carbonyl (C=O) groups excluding carboxylic acids is 1. The minimum Gasteiger partial charge on any atom is -0.350 e. The number of nitrogens with one attached hydrogen (secondary N) is 1. The lowest BCUT2D eigenvalue weighted by molar-refractivity contribution is -0.114. The maximum absolute atomic E-state index is 13.2. The number of nitrogens with zero attached hydrogens (tertiary/aromatic N) is 4. The standard InChI is InChI=1S/C15H13F2N5O2/c1-8-13-14(18-7-19-15(13)24-21-8)22(2)6-12(23)20-11-4-9(16)3-10(17)5-11/h3-5,7H,6H2,1-2H3,(H,20,23). The molecule has 0 saturated carbocycles. The van der Waals surface area contributed by atoms with Crippen molar-refractivity contribution in [2.75, 3.05) is 23.8 Å². The van der Waals surface area contributed by atoms with Crippen molar-refractivity contribution in [3.8, 4) is 0 Å². The summed E-state index contributed by atoms with van der Waals surface area (Å²) in [6.45, 7) is 1.65. The highest BCUT2D eigenvalue weighted by Crippen LogP contribution is 2.24.